The van der Waals surface area contributed by atoms with Gasteiger partial charge >= 0.3 is 0 Å². The maximum Gasteiger partial charge on any atom is 0.257 e. The molecule has 6 nitrogen and oxygen atoms in total. The van der Waals surface area contributed by atoms with E-state index in [2.05, 4.69) is 10.3 Å². The first-order valence-corrected chi connectivity index (χ1v) is 10.2. The van der Waals surface area contributed by atoms with Crippen molar-refractivity contribution in [3.63, 3.8) is 0 Å². The van der Waals surface area contributed by atoms with E-state index in [0.717, 1.165) is 5.56 Å². The van der Waals surface area contributed by atoms with Crippen LogP contribution in [0.3, 0.4) is 0 Å². The fraction of sp³-hybridized carbons (Fsp3) is 0.261. The molecule has 162 valence electrons. The van der Waals surface area contributed by atoms with Gasteiger partial charge in [-0.25, -0.2) is 9.37 Å². The van der Waals surface area contributed by atoms with Crippen molar-refractivity contribution in [3.8, 4) is 11.4 Å². The quantitative estimate of drug-likeness (QED) is 0.560. The van der Waals surface area contributed by atoms with Crippen molar-refractivity contribution in [2.24, 2.45) is 0 Å². The number of hydrogen-bond donors (Lipinski definition) is 2. The molecule has 0 radical (unpaired) electrons. The molecule has 1 amide bonds. The third-order valence-electron chi connectivity index (χ3n) is 4.88. The number of nitrogens with one attached hydrogen (secondary N) is 1. The summed E-state index contributed by atoms with van der Waals surface area (Å²) in [6.07, 6.45) is 0.754. The van der Waals surface area contributed by atoms with Gasteiger partial charge in [-0.15, -0.1) is 0 Å². The molecule has 8 heteroatoms. The maximum atomic E-state index is 13.3. The molecule has 1 aromatic heterocycles. The Balaban J connectivity index is 1.82. The maximum absolute atomic E-state index is 13.3. The Morgan fingerprint density at radius 1 is 1.13 bits per heavy atom. The standard InChI is InChI=1S/C23H23ClFN3O3/c1-15-20(11-13-29)23(31)28(22(27-15)17-4-8-19(25)9-5-17)14-21(30)26-12-10-16-2-6-18(24)7-3-16/h2-9,29H,10-14H2,1H3,(H,26,30). The van der Waals surface area contributed by atoms with E-state index in [1.165, 1.54) is 28.8 Å². The van der Waals surface area contributed by atoms with Crippen molar-refractivity contribution in [1.82, 2.24) is 14.9 Å². The van der Waals surface area contributed by atoms with Crippen LogP contribution < -0.4 is 10.9 Å². The van der Waals surface area contributed by atoms with E-state index in [4.69, 9.17) is 11.6 Å². The summed E-state index contributed by atoms with van der Waals surface area (Å²) in [7, 11) is 0. The van der Waals surface area contributed by atoms with Gasteiger partial charge in [0.05, 0.1) is 0 Å². The predicted molar refractivity (Wildman–Crippen MR) is 118 cm³/mol. The van der Waals surface area contributed by atoms with Crippen LogP contribution in [-0.4, -0.2) is 33.7 Å². The summed E-state index contributed by atoms with van der Waals surface area (Å²) in [6.45, 7) is 1.62. The van der Waals surface area contributed by atoms with Crippen LogP contribution in [0.4, 0.5) is 4.39 Å². The lowest BCUT2D eigenvalue weighted by atomic mass is 10.1. The molecule has 3 aromatic rings. The molecule has 31 heavy (non-hydrogen) atoms. The monoisotopic (exact) mass is 443 g/mol. The second kappa shape index (κ2) is 10.3. The average molecular weight is 444 g/mol. The van der Waals surface area contributed by atoms with Gasteiger partial charge in [-0.05, 0) is 55.3 Å². The number of nitrogens with zero attached hydrogens (tertiary/aromatic N) is 2. The first-order chi connectivity index (χ1) is 14.9. The average Bonchev–Trinajstić information content (AvgIpc) is 2.75. The minimum atomic E-state index is -0.411. The van der Waals surface area contributed by atoms with Gasteiger partial charge in [-0.3, -0.25) is 14.2 Å². The number of aliphatic hydroxyl groups is 1. The van der Waals surface area contributed by atoms with Crippen LogP contribution in [0.25, 0.3) is 11.4 Å². The molecule has 2 aromatic carbocycles. The van der Waals surface area contributed by atoms with Crippen LogP contribution in [0, 0.1) is 12.7 Å². The van der Waals surface area contributed by atoms with Gasteiger partial charge in [0.15, 0.2) is 0 Å². The highest BCUT2D eigenvalue weighted by Gasteiger charge is 2.17. The van der Waals surface area contributed by atoms with Crippen molar-refractivity contribution in [3.05, 3.63) is 86.5 Å². The highest BCUT2D eigenvalue weighted by molar-refractivity contribution is 6.30. The largest absolute Gasteiger partial charge is 0.396 e. The van der Waals surface area contributed by atoms with Gasteiger partial charge in [0.25, 0.3) is 5.56 Å². The van der Waals surface area contributed by atoms with Crippen molar-refractivity contribution in [2.75, 3.05) is 13.2 Å². The topological polar surface area (TPSA) is 84.2 Å². The number of benzene rings is 2. The molecule has 0 unspecified atom stereocenters. The van der Waals surface area contributed by atoms with Gasteiger partial charge in [-0.1, -0.05) is 23.7 Å². The number of aryl methyl sites for hydroxylation is 1. The van der Waals surface area contributed by atoms with Crippen LogP contribution >= 0.6 is 11.6 Å². The van der Waals surface area contributed by atoms with Crippen LogP contribution in [0.5, 0.6) is 0 Å². The van der Waals surface area contributed by atoms with Crippen LogP contribution in [0.1, 0.15) is 16.8 Å². The molecule has 0 bridgehead atoms. The Labute approximate surface area is 184 Å². The summed E-state index contributed by atoms with van der Waals surface area (Å²) in [6, 6.07) is 12.9. The Hall–Kier alpha value is -3.03. The molecule has 1 heterocycles. The SMILES string of the molecule is Cc1nc(-c2ccc(F)cc2)n(CC(=O)NCCc2ccc(Cl)cc2)c(=O)c1CCO. The summed E-state index contributed by atoms with van der Waals surface area (Å²) in [4.78, 5) is 30.1. The molecular weight excluding hydrogens is 421 g/mol. The van der Waals surface area contributed by atoms with Crippen LogP contribution in [-0.2, 0) is 24.2 Å². The smallest absolute Gasteiger partial charge is 0.257 e. The molecule has 0 spiro atoms. The van der Waals surface area contributed by atoms with E-state index >= 15 is 0 Å². The van der Waals surface area contributed by atoms with Crippen molar-refractivity contribution >= 4 is 17.5 Å². The Kier molecular flexibility index (Phi) is 7.55. The molecule has 0 aliphatic heterocycles. The molecule has 0 fully saturated rings. The van der Waals surface area contributed by atoms with Gasteiger partial charge in [-0.2, -0.15) is 0 Å². The van der Waals surface area contributed by atoms with Crippen LogP contribution in [0.15, 0.2) is 53.3 Å². The van der Waals surface area contributed by atoms with Gasteiger partial charge in [0.2, 0.25) is 5.91 Å². The zero-order valence-electron chi connectivity index (χ0n) is 17.1. The zero-order chi connectivity index (χ0) is 22.4. The number of aromatic nitrogens is 2. The molecule has 3 rings (SSSR count). The number of hydrogen-bond acceptors (Lipinski definition) is 4. The summed E-state index contributed by atoms with van der Waals surface area (Å²) < 4.78 is 14.6. The minimum Gasteiger partial charge on any atom is -0.396 e. The van der Waals surface area contributed by atoms with E-state index in [1.54, 1.807) is 19.1 Å². The van der Waals surface area contributed by atoms with Crippen molar-refractivity contribution < 1.29 is 14.3 Å². The second-order valence-corrected chi connectivity index (χ2v) is 7.53. The summed E-state index contributed by atoms with van der Waals surface area (Å²) >= 11 is 5.88. The van der Waals surface area contributed by atoms with Gasteiger partial charge < -0.3 is 10.4 Å². The highest BCUT2D eigenvalue weighted by atomic mass is 35.5. The van der Waals surface area contributed by atoms with E-state index < -0.39 is 11.4 Å². The van der Waals surface area contributed by atoms with Gasteiger partial charge in [0, 0.05) is 41.4 Å². The summed E-state index contributed by atoms with van der Waals surface area (Å²) in [5, 5.41) is 12.7. The molecule has 2 N–H and O–H groups in total. The Morgan fingerprint density at radius 2 is 1.81 bits per heavy atom. The zero-order valence-corrected chi connectivity index (χ0v) is 17.8. The lowest BCUT2D eigenvalue weighted by Crippen LogP contribution is -2.36. The number of halogens is 2. The normalized spacial score (nSPS) is 10.8. The van der Waals surface area contributed by atoms with E-state index in [-0.39, 0.29) is 31.3 Å². The van der Waals surface area contributed by atoms with Gasteiger partial charge in [0.1, 0.15) is 18.2 Å². The van der Waals surface area contributed by atoms with E-state index in [9.17, 15) is 19.1 Å². The van der Waals surface area contributed by atoms with Crippen molar-refractivity contribution in [1.29, 1.82) is 0 Å². The molecule has 0 aliphatic carbocycles. The Morgan fingerprint density at radius 3 is 2.45 bits per heavy atom. The predicted octanol–water partition coefficient (Wildman–Crippen LogP) is 2.90. The fourth-order valence-electron chi connectivity index (χ4n) is 3.26. The van der Waals surface area contributed by atoms with Crippen molar-refractivity contribution in [2.45, 2.75) is 26.3 Å². The third kappa shape index (κ3) is 5.77. The molecule has 0 aliphatic rings. The number of carbonyl (C=O) groups is 1. The van der Waals surface area contributed by atoms with Crippen LogP contribution in [0.2, 0.25) is 5.02 Å². The number of carbonyl (C=O) groups excluding carboxylic acids is 1. The molecular formula is C23H23ClFN3O3. The fourth-order valence-corrected chi connectivity index (χ4v) is 3.39. The molecule has 0 saturated heterocycles. The summed E-state index contributed by atoms with van der Waals surface area (Å²) in [5.74, 6) is -0.483. The molecule has 0 atom stereocenters. The second-order valence-electron chi connectivity index (χ2n) is 7.10. The first kappa shape index (κ1) is 22.7. The number of rotatable bonds is 8. The first-order valence-electron chi connectivity index (χ1n) is 9.87. The lowest BCUT2D eigenvalue weighted by molar-refractivity contribution is -0.121. The summed E-state index contributed by atoms with van der Waals surface area (Å²) in [5.41, 5.74) is 1.97. The minimum absolute atomic E-state index is 0.138. The lowest BCUT2D eigenvalue weighted by Gasteiger charge is -2.16. The molecule has 0 saturated carbocycles. The highest BCUT2D eigenvalue weighted by Crippen LogP contribution is 2.18. The Bertz CT molecular complexity index is 1110. The van der Waals surface area contributed by atoms with E-state index in [1.807, 2.05) is 12.1 Å². The number of aliphatic hydroxyl groups excluding tert-OH is 1. The number of amides is 1. The third-order valence-corrected chi connectivity index (χ3v) is 5.14. The van der Waals surface area contributed by atoms with E-state index in [0.29, 0.717) is 34.8 Å².